The van der Waals surface area contributed by atoms with E-state index < -0.39 is 11.9 Å². The van der Waals surface area contributed by atoms with Crippen LogP contribution in [0.15, 0.2) is 57.7 Å². The molecule has 0 radical (unpaired) electrons. The molecule has 1 fully saturated rings. The average molecular weight is 425 g/mol. The standard InChI is InChI=1S/C22H23N3O6/c26-19(17-6-7-18-20(14-17)30-21(27)23-18)8-9-24-10-12-25(13-11-24)31-22(28)29-15-16-4-2-1-3-5-16/h1-7,14H,8-13,15H2,(H,23,27). The number of H-pyrrole nitrogens is 1. The quantitative estimate of drug-likeness (QED) is 0.455. The summed E-state index contributed by atoms with van der Waals surface area (Å²) in [6, 6.07) is 14.3. The van der Waals surface area contributed by atoms with Gasteiger partial charge in [0.05, 0.1) is 5.52 Å². The van der Waals surface area contributed by atoms with Gasteiger partial charge in [-0.1, -0.05) is 30.3 Å². The second-order valence-corrected chi connectivity index (χ2v) is 7.28. The van der Waals surface area contributed by atoms with Crippen molar-refractivity contribution in [2.24, 2.45) is 0 Å². The lowest BCUT2D eigenvalue weighted by atomic mass is 10.1. The summed E-state index contributed by atoms with van der Waals surface area (Å²) in [7, 11) is 0. The van der Waals surface area contributed by atoms with Crippen molar-refractivity contribution in [1.29, 1.82) is 0 Å². The Bertz CT molecular complexity index is 1100. The fraction of sp³-hybridized carbons (Fsp3) is 0.318. The second kappa shape index (κ2) is 9.59. The van der Waals surface area contributed by atoms with Crippen molar-refractivity contribution < 1.29 is 23.6 Å². The number of hydrogen-bond donors (Lipinski definition) is 1. The molecule has 0 saturated carbocycles. The summed E-state index contributed by atoms with van der Waals surface area (Å²) in [6.07, 6.45) is -0.376. The molecule has 1 saturated heterocycles. The molecule has 1 aliphatic heterocycles. The minimum absolute atomic E-state index is 0.0195. The molecule has 1 N–H and O–H groups in total. The molecule has 0 spiro atoms. The summed E-state index contributed by atoms with van der Waals surface area (Å²) >= 11 is 0. The van der Waals surface area contributed by atoms with Crippen LogP contribution in [0.5, 0.6) is 0 Å². The van der Waals surface area contributed by atoms with Gasteiger partial charge >= 0.3 is 11.9 Å². The molecular weight excluding hydrogens is 402 g/mol. The highest BCUT2D eigenvalue weighted by Gasteiger charge is 2.21. The summed E-state index contributed by atoms with van der Waals surface area (Å²) < 4.78 is 10.1. The molecule has 3 aromatic rings. The topological polar surface area (TPSA) is 105 Å². The van der Waals surface area contributed by atoms with Crippen molar-refractivity contribution in [3.05, 3.63) is 70.2 Å². The number of rotatable bonds is 7. The lowest BCUT2D eigenvalue weighted by molar-refractivity contribution is -0.147. The highest BCUT2D eigenvalue weighted by atomic mass is 16.8. The first-order valence-electron chi connectivity index (χ1n) is 10.1. The van der Waals surface area contributed by atoms with Crippen LogP contribution in [0.1, 0.15) is 22.3 Å². The summed E-state index contributed by atoms with van der Waals surface area (Å²) in [4.78, 5) is 45.5. The maximum Gasteiger partial charge on any atom is 0.528 e. The summed E-state index contributed by atoms with van der Waals surface area (Å²) in [5.41, 5.74) is 2.35. The van der Waals surface area contributed by atoms with E-state index in [1.54, 1.807) is 23.3 Å². The number of nitrogens with one attached hydrogen (secondary N) is 1. The van der Waals surface area contributed by atoms with E-state index in [1.807, 2.05) is 30.3 Å². The Morgan fingerprint density at radius 3 is 2.58 bits per heavy atom. The largest absolute Gasteiger partial charge is 0.528 e. The van der Waals surface area contributed by atoms with Crippen molar-refractivity contribution in [2.45, 2.75) is 13.0 Å². The molecule has 0 bridgehead atoms. The molecule has 0 atom stereocenters. The zero-order valence-electron chi connectivity index (χ0n) is 16.9. The lowest BCUT2D eigenvalue weighted by Crippen LogP contribution is -2.47. The van der Waals surface area contributed by atoms with E-state index in [0.717, 1.165) is 5.56 Å². The number of piperazine rings is 1. The Kier molecular flexibility index (Phi) is 6.44. The number of oxazole rings is 1. The molecule has 1 aromatic heterocycles. The number of ketones is 1. The fourth-order valence-electron chi connectivity index (χ4n) is 3.42. The zero-order valence-corrected chi connectivity index (χ0v) is 16.9. The first-order chi connectivity index (χ1) is 15.1. The number of nitrogens with zero attached hydrogens (tertiary/aromatic N) is 2. The predicted octanol–water partition coefficient (Wildman–Crippen LogP) is 2.58. The van der Waals surface area contributed by atoms with Crippen LogP contribution in [0.3, 0.4) is 0 Å². The molecular formula is C22H23N3O6. The third-order valence-electron chi connectivity index (χ3n) is 5.13. The highest BCUT2D eigenvalue weighted by Crippen LogP contribution is 2.14. The number of ether oxygens (including phenoxy) is 1. The normalized spacial score (nSPS) is 15.1. The Labute approximate surface area is 178 Å². The van der Waals surface area contributed by atoms with Crippen LogP contribution in [-0.2, 0) is 16.2 Å². The van der Waals surface area contributed by atoms with Crippen LogP contribution >= 0.6 is 0 Å². The molecule has 0 aliphatic carbocycles. The highest BCUT2D eigenvalue weighted by molar-refractivity contribution is 5.98. The van der Waals surface area contributed by atoms with E-state index in [2.05, 4.69) is 9.88 Å². The Balaban J connectivity index is 1.18. The van der Waals surface area contributed by atoms with Crippen molar-refractivity contribution in [2.75, 3.05) is 32.7 Å². The Hall–Kier alpha value is -3.43. The van der Waals surface area contributed by atoms with Crippen LogP contribution in [-0.4, -0.2) is 59.6 Å². The van der Waals surface area contributed by atoms with Gasteiger partial charge in [0.25, 0.3) is 0 Å². The molecule has 162 valence electrons. The van der Waals surface area contributed by atoms with E-state index in [9.17, 15) is 14.4 Å². The Morgan fingerprint density at radius 1 is 1.03 bits per heavy atom. The van der Waals surface area contributed by atoms with E-state index >= 15 is 0 Å². The number of fused-ring (bicyclic) bond motifs is 1. The van der Waals surface area contributed by atoms with Gasteiger partial charge in [-0.05, 0) is 23.8 Å². The first-order valence-corrected chi connectivity index (χ1v) is 10.1. The van der Waals surface area contributed by atoms with Crippen LogP contribution in [0.4, 0.5) is 4.79 Å². The van der Waals surface area contributed by atoms with E-state index in [0.29, 0.717) is 55.8 Å². The van der Waals surface area contributed by atoms with Crippen LogP contribution in [0, 0.1) is 0 Å². The van der Waals surface area contributed by atoms with Gasteiger partial charge in [0, 0.05) is 44.7 Å². The molecule has 2 aromatic carbocycles. The monoisotopic (exact) mass is 425 g/mol. The van der Waals surface area contributed by atoms with Gasteiger partial charge in [0.1, 0.15) is 6.61 Å². The minimum atomic E-state index is -0.723. The van der Waals surface area contributed by atoms with Crippen LogP contribution < -0.4 is 5.76 Å². The van der Waals surface area contributed by atoms with E-state index in [1.165, 1.54) is 0 Å². The van der Waals surface area contributed by atoms with Gasteiger partial charge in [0.2, 0.25) is 0 Å². The SMILES string of the molecule is O=C(OCc1ccccc1)ON1CCN(CCC(=O)c2ccc3[nH]c(=O)oc3c2)CC1. The number of aromatic amines is 1. The zero-order chi connectivity index (χ0) is 21.6. The van der Waals surface area contributed by atoms with E-state index in [4.69, 9.17) is 14.0 Å². The smallest absolute Gasteiger partial charge is 0.428 e. The van der Waals surface area contributed by atoms with Gasteiger partial charge in [-0.25, -0.2) is 9.59 Å². The molecule has 4 rings (SSSR count). The number of hydroxylamine groups is 2. The maximum atomic E-state index is 12.5. The van der Waals surface area contributed by atoms with Crippen molar-refractivity contribution >= 4 is 23.0 Å². The van der Waals surface area contributed by atoms with E-state index in [-0.39, 0.29) is 12.4 Å². The number of Topliss-reactive ketones (excluding diaryl/α,β-unsaturated/α-hetero) is 1. The summed E-state index contributed by atoms with van der Waals surface area (Å²) in [6.45, 7) is 3.18. The fourth-order valence-corrected chi connectivity index (χ4v) is 3.42. The predicted molar refractivity (Wildman–Crippen MR) is 112 cm³/mol. The second-order valence-electron chi connectivity index (χ2n) is 7.28. The molecule has 9 nitrogen and oxygen atoms in total. The molecule has 1 aliphatic rings. The number of benzene rings is 2. The average Bonchev–Trinajstić information content (AvgIpc) is 3.17. The van der Waals surface area contributed by atoms with Gasteiger partial charge in [-0.3, -0.25) is 9.78 Å². The van der Waals surface area contributed by atoms with Crippen molar-refractivity contribution in [1.82, 2.24) is 14.9 Å². The number of hydrogen-bond acceptors (Lipinski definition) is 8. The van der Waals surface area contributed by atoms with Crippen molar-refractivity contribution in [3.8, 4) is 0 Å². The van der Waals surface area contributed by atoms with Gasteiger partial charge < -0.3 is 18.9 Å². The minimum Gasteiger partial charge on any atom is -0.428 e. The van der Waals surface area contributed by atoms with Gasteiger partial charge in [0.15, 0.2) is 11.4 Å². The third-order valence-corrected chi connectivity index (χ3v) is 5.13. The molecule has 0 unspecified atom stereocenters. The molecule has 31 heavy (non-hydrogen) atoms. The summed E-state index contributed by atoms with van der Waals surface area (Å²) in [5.74, 6) is -0.558. The molecule has 0 amide bonds. The molecule has 2 heterocycles. The number of aromatic nitrogens is 1. The molecule has 9 heteroatoms. The lowest BCUT2D eigenvalue weighted by Gasteiger charge is -2.32. The van der Waals surface area contributed by atoms with Crippen LogP contribution in [0.2, 0.25) is 0 Å². The van der Waals surface area contributed by atoms with Crippen molar-refractivity contribution in [3.63, 3.8) is 0 Å². The van der Waals surface area contributed by atoms with Gasteiger partial charge in [-0.15, -0.1) is 5.06 Å². The summed E-state index contributed by atoms with van der Waals surface area (Å²) in [5, 5.41) is 1.58. The third kappa shape index (κ3) is 5.59. The van der Waals surface area contributed by atoms with Crippen LogP contribution in [0.25, 0.3) is 11.1 Å². The number of carbonyl (C=O) groups is 2. The number of carbonyl (C=O) groups excluding carboxylic acids is 2. The first kappa shape index (κ1) is 20.8. The maximum absolute atomic E-state index is 12.5. The Morgan fingerprint density at radius 2 is 1.81 bits per heavy atom. The van der Waals surface area contributed by atoms with Gasteiger partial charge in [-0.2, -0.15) is 0 Å².